The van der Waals surface area contributed by atoms with E-state index in [-0.39, 0.29) is 24.8 Å². The number of aliphatic hydroxyl groups is 2. The number of non-ortho nitro benzene ring substituents is 1. The summed E-state index contributed by atoms with van der Waals surface area (Å²) in [5.41, 5.74) is 2.25. The van der Waals surface area contributed by atoms with Gasteiger partial charge in [0, 0.05) is 36.5 Å². The van der Waals surface area contributed by atoms with Gasteiger partial charge in [0.1, 0.15) is 5.69 Å². The van der Waals surface area contributed by atoms with Gasteiger partial charge in [0.15, 0.2) is 0 Å². The van der Waals surface area contributed by atoms with Crippen molar-refractivity contribution < 1.29 is 19.9 Å². The molecule has 33 heavy (non-hydrogen) atoms. The summed E-state index contributed by atoms with van der Waals surface area (Å²) >= 11 is 0. The van der Waals surface area contributed by atoms with Crippen molar-refractivity contribution in [3.63, 3.8) is 0 Å². The van der Waals surface area contributed by atoms with Gasteiger partial charge < -0.3 is 20.4 Å². The van der Waals surface area contributed by atoms with Gasteiger partial charge in [-0.05, 0) is 42.5 Å². The molecule has 3 aromatic rings. The number of amides is 1. The fourth-order valence-electron chi connectivity index (χ4n) is 3.06. The van der Waals surface area contributed by atoms with Crippen molar-refractivity contribution in [2.75, 3.05) is 36.5 Å². The van der Waals surface area contributed by atoms with Crippen molar-refractivity contribution in [1.29, 1.82) is 0 Å². The van der Waals surface area contributed by atoms with E-state index in [4.69, 9.17) is 0 Å². The number of nitrogens with zero attached hydrogens (tertiary/aromatic N) is 4. The number of aliphatic hydroxyl groups excluding tert-OH is 2. The Hall–Kier alpha value is -4.15. The van der Waals surface area contributed by atoms with Gasteiger partial charge in [0.25, 0.3) is 11.6 Å². The number of benzene rings is 3. The van der Waals surface area contributed by atoms with Gasteiger partial charge in [-0.25, -0.2) is 0 Å². The maximum absolute atomic E-state index is 12.7. The van der Waals surface area contributed by atoms with Crippen LogP contribution in [-0.2, 0) is 0 Å². The number of carbonyl (C=O) groups excluding carboxylic acids is 1. The predicted molar refractivity (Wildman–Crippen MR) is 124 cm³/mol. The summed E-state index contributed by atoms with van der Waals surface area (Å²) in [7, 11) is 0. The predicted octanol–water partition coefficient (Wildman–Crippen LogP) is 4.05. The van der Waals surface area contributed by atoms with Gasteiger partial charge in [-0.1, -0.05) is 18.2 Å². The summed E-state index contributed by atoms with van der Waals surface area (Å²) in [5, 5.41) is 40.7. The third-order valence-corrected chi connectivity index (χ3v) is 4.70. The first kappa shape index (κ1) is 23.5. The quantitative estimate of drug-likeness (QED) is 0.242. The Morgan fingerprint density at radius 2 is 1.61 bits per heavy atom. The summed E-state index contributed by atoms with van der Waals surface area (Å²) in [6.45, 7) is 0.396. The first-order valence-electron chi connectivity index (χ1n) is 10.1. The molecule has 0 aliphatic carbocycles. The third-order valence-electron chi connectivity index (χ3n) is 4.70. The number of anilines is 2. The molecule has 0 aromatic heterocycles. The first-order chi connectivity index (χ1) is 16.0. The molecule has 0 unspecified atom stereocenters. The fourth-order valence-corrected chi connectivity index (χ4v) is 3.06. The van der Waals surface area contributed by atoms with Crippen LogP contribution in [0.25, 0.3) is 0 Å². The Bertz CT molecular complexity index is 1110. The number of nitro groups is 1. The fraction of sp³-hybridized carbons (Fsp3) is 0.174. The maximum Gasteiger partial charge on any atom is 0.269 e. The minimum Gasteiger partial charge on any atom is -0.395 e. The molecular formula is C23H23N5O5. The van der Waals surface area contributed by atoms with Crippen molar-refractivity contribution in [3.05, 3.63) is 88.5 Å². The maximum atomic E-state index is 12.7. The summed E-state index contributed by atoms with van der Waals surface area (Å²) in [4.78, 5) is 24.8. The van der Waals surface area contributed by atoms with E-state index in [9.17, 15) is 25.1 Å². The molecule has 0 atom stereocenters. The van der Waals surface area contributed by atoms with Crippen LogP contribution >= 0.6 is 0 Å². The summed E-state index contributed by atoms with van der Waals surface area (Å²) < 4.78 is 0. The number of hydrogen-bond acceptors (Lipinski definition) is 8. The molecule has 1 amide bonds. The van der Waals surface area contributed by atoms with E-state index in [0.29, 0.717) is 41.4 Å². The molecule has 0 aliphatic rings. The minimum absolute atomic E-state index is 0.0537. The van der Waals surface area contributed by atoms with Crippen LogP contribution in [0.5, 0.6) is 0 Å². The zero-order chi connectivity index (χ0) is 23.6. The lowest BCUT2D eigenvalue weighted by molar-refractivity contribution is -0.384. The zero-order valence-corrected chi connectivity index (χ0v) is 17.7. The van der Waals surface area contributed by atoms with Crippen molar-refractivity contribution in [2.45, 2.75) is 0 Å². The molecule has 0 heterocycles. The Labute approximate surface area is 190 Å². The molecule has 3 rings (SSSR count). The number of nitro benzene ring substituents is 1. The van der Waals surface area contributed by atoms with E-state index >= 15 is 0 Å². The van der Waals surface area contributed by atoms with Gasteiger partial charge in [0.2, 0.25) is 0 Å². The standard InChI is InChI=1S/C23H23N5O5/c29-14-12-27(13-15-30)20-10-11-21(26-25-18-6-8-19(9-7-18)28(32)33)22(16-20)24-23(31)17-4-2-1-3-5-17/h1-11,16,29-30H,12-15H2,(H,24,31). The van der Waals surface area contributed by atoms with Crippen LogP contribution in [0, 0.1) is 10.1 Å². The van der Waals surface area contributed by atoms with Crippen LogP contribution in [-0.4, -0.2) is 47.3 Å². The van der Waals surface area contributed by atoms with Gasteiger partial charge in [-0.3, -0.25) is 14.9 Å². The van der Waals surface area contributed by atoms with Crippen LogP contribution in [0.3, 0.4) is 0 Å². The second-order valence-corrected chi connectivity index (χ2v) is 6.93. The average molecular weight is 449 g/mol. The SMILES string of the molecule is O=C(Nc1cc(N(CCO)CCO)ccc1N=Nc1ccc([N+](=O)[O-])cc1)c1ccccc1. The van der Waals surface area contributed by atoms with Crippen molar-refractivity contribution >= 4 is 34.3 Å². The molecule has 0 bridgehead atoms. The van der Waals surface area contributed by atoms with E-state index in [1.54, 1.807) is 47.4 Å². The Kier molecular flexibility index (Phi) is 8.17. The van der Waals surface area contributed by atoms with E-state index < -0.39 is 4.92 Å². The highest BCUT2D eigenvalue weighted by molar-refractivity contribution is 6.06. The molecule has 10 nitrogen and oxygen atoms in total. The molecule has 170 valence electrons. The molecule has 0 spiro atoms. The molecule has 0 saturated carbocycles. The van der Waals surface area contributed by atoms with Crippen LogP contribution in [0.2, 0.25) is 0 Å². The van der Waals surface area contributed by atoms with E-state index in [2.05, 4.69) is 15.5 Å². The second kappa shape index (κ2) is 11.5. The molecule has 0 aliphatic heterocycles. The van der Waals surface area contributed by atoms with E-state index in [1.165, 1.54) is 24.3 Å². The first-order valence-corrected chi connectivity index (χ1v) is 10.1. The van der Waals surface area contributed by atoms with Gasteiger partial charge in [0.05, 0.1) is 29.5 Å². The monoisotopic (exact) mass is 449 g/mol. The summed E-state index contributed by atoms with van der Waals surface area (Å²) in [6.07, 6.45) is 0. The minimum atomic E-state index is -0.499. The van der Waals surface area contributed by atoms with Crippen LogP contribution < -0.4 is 10.2 Å². The molecular weight excluding hydrogens is 426 g/mol. The molecule has 3 N–H and O–H groups in total. The summed E-state index contributed by atoms with van der Waals surface area (Å²) in [6, 6.07) is 19.4. The van der Waals surface area contributed by atoms with Crippen LogP contribution in [0.1, 0.15) is 10.4 Å². The lowest BCUT2D eigenvalue weighted by atomic mass is 10.2. The molecule has 0 radical (unpaired) electrons. The lowest BCUT2D eigenvalue weighted by Gasteiger charge is -2.24. The van der Waals surface area contributed by atoms with Gasteiger partial charge >= 0.3 is 0 Å². The number of azo groups is 1. The molecule has 0 saturated heterocycles. The van der Waals surface area contributed by atoms with Crippen LogP contribution in [0.4, 0.5) is 28.4 Å². The number of rotatable bonds is 10. The number of hydrogen-bond donors (Lipinski definition) is 3. The molecule has 0 fully saturated rings. The average Bonchev–Trinajstić information content (AvgIpc) is 2.84. The Morgan fingerprint density at radius 1 is 0.939 bits per heavy atom. The van der Waals surface area contributed by atoms with E-state index in [0.717, 1.165) is 0 Å². The Balaban J connectivity index is 1.93. The molecule has 10 heteroatoms. The normalized spacial score (nSPS) is 10.8. The highest BCUT2D eigenvalue weighted by Gasteiger charge is 2.13. The van der Waals surface area contributed by atoms with Gasteiger partial charge in [-0.15, -0.1) is 5.11 Å². The highest BCUT2D eigenvalue weighted by Crippen LogP contribution is 2.32. The van der Waals surface area contributed by atoms with Crippen molar-refractivity contribution in [1.82, 2.24) is 0 Å². The third kappa shape index (κ3) is 6.42. The number of nitrogens with one attached hydrogen (secondary N) is 1. The molecule has 3 aromatic carbocycles. The van der Waals surface area contributed by atoms with Crippen molar-refractivity contribution in [2.24, 2.45) is 10.2 Å². The highest BCUT2D eigenvalue weighted by atomic mass is 16.6. The second-order valence-electron chi connectivity index (χ2n) is 6.93. The van der Waals surface area contributed by atoms with Gasteiger partial charge in [-0.2, -0.15) is 5.11 Å². The van der Waals surface area contributed by atoms with Crippen molar-refractivity contribution in [3.8, 4) is 0 Å². The number of carbonyl (C=O) groups is 1. The lowest BCUT2D eigenvalue weighted by Crippen LogP contribution is -2.29. The zero-order valence-electron chi connectivity index (χ0n) is 17.7. The topological polar surface area (TPSA) is 141 Å². The Morgan fingerprint density at radius 3 is 2.21 bits per heavy atom. The summed E-state index contributed by atoms with van der Waals surface area (Å²) in [5.74, 6) is -0.338. The smallest absolute Gasteiger partial charge is 0.269 e. The van der Waals surface area contributed by atoms with E-state index in [1.807, 2.05) is 6.07 Å². The largest absolute Gasteiger partial charge is 0.395 e. The van der Waals surface area contributed by atoms with Crippen LogP contribution in [0.15, 0.2) is 83.0 Å².